The second-order valence-corrected chi connectivity index (χ2v) is 8.39. The number of aliphatic hydroxyl groups is 1. The van der Waals surface area contributed by atoms with Gasteiger partial charge in [0.1, 0.15) is 5.69 Å². The highest BCUT2D eigenvalue weighted by molar-refractivity contribution is 7.13. The Bertz CT molecular complexity index is 776. The number of piperidine rings is 1. The van der Waals surface area contributed by atoms with Crippen LogP contribution in [0.15, 0.2) is 34.4 Å². The Labute approximate surface area is 157 Å². The molecule has 0 spiro atoms. The van der Waals surface area contributed by atoms with Crippen LogP contribution in [0.5, 0.6) is 0 Å². The molecule has 0 aliphatic carbocycles. The van der Waals surface area contributed by atoms with Gasteiger partial charge in [-0.25, -0.2) is 4.68 Å². The lowest BCUT2D eigenvalue weighted by atomic mass is 9.90. The van der Waals surface area contributed by atoms with Gasteiger partial charge in [0.2, 0.25) is 0 Å². The van der Waals surface area contributed by atoms with Crippen LogP contribution in [0.1, 0.15) is 19.3 Å². The summed E-state index contributed by atoms with van der Waals surface area (Å²) in [4.78, 5) is 15.7. The first-order valence-corrected chi connectivity index (χ1v) is 10.1. The van der Waals surface area contributed by atoms with Gasteiger partial charge >= 0.3 is 0 Å². The highest BCUT2D eigenvalue weighted by atomic mass is 32.1. The van der Waals surface area contributed by atoms with Crippen molar-refractivity contribution in [2.45, 2.75) is 31.4 Å². The summed E-state index contributed by atoms with van der Waals surface area (Å²) in [5.74, 6) is 0.618. The lowest BCUT2D eigenvalue weighted by molar-refractivity contribution is -0.0398. The van der Waals surface area contributed by atoms with E-state index in [1.807, 2.05) is 17.5 Å². The molecule has 0 saturated carbocycles. The van der Waals surface area contributed by atoms with Crippen LogP contribution in [-0.2, 0) is 11.3 Å². The van der Waals surface area contributed by atoms with Gasteiger partial charge in [0.25, 0.3) is 5.56 Å². The topological polar surface area (TPSA) is 67.6 Å². The van der Waals surface area contributed by atoms with E-state index in [2.05, 4.69) is 10.00 Å². The van der Waals surface area contributed by atoms with Crippen LogP contribution in [0.2, 0.25) is 0 Å². The Morgan fingerprint density at radius 2 is 2.15 bits per heavy atom. The largest absolute Gasteiger partial charge is 0.388 e. The Morgan fingerprint density at radius 1 is 1.31 bits per heavy atom. The van der Waals surface area contributed by atoms with Crippen molar-refractivity contribution < 1.29 is 9.84 Å². The van der Waals surface area contributed by atoms with Crippen molar-refractivity contribution in [3.05, 3.63) is 40.0 Å². The van der Waals surface area contributed by atoms with Crippen LogP contribution >= 0.6 is 11.3 Å². The normalized spacial score (nSPS) is 23.3. The number of thiophene rings is 1. The molecular weight excluding hydrogens is 350 g/mol. The fourth-order valence-corrected chi connectivity index (χ4v) is 4.49. The number of hydrogen-bond donors (Lipinski definition) is 1. The molecule has 0 radical (unpaired) electrons. The average molecular weight is 375 g/mol. The van der Waals surface area contributed by atoms with E-state index in [0.717, 1.165) is 49.8 Å². The lowest BCUT2D eigenvalue weighted by Gasteiger charge is -2.38. The van der Waals surface area contributed by atoms with E-state index in [9.17, 15) is 9.90 Å². The lowest BCUT2D eigenvalue weighted by Crippen LogP contribution is -2.49. The van der Waals surface area contributed by atoms with E-state index >= 15 is 0 Å². The van der Waals surface area contributed by atoms with Crippen molar-refractivity contribution in [3.8, 4) is 10.6 Å². The van der Waals surface area contributed by atoms with Crippen molar-refractivity contribution in [2.75, 3.05) is 32.8 Å². The Kier molecular flexibility index (Phi) is 5.22. The van der Waals surface area contributed by atoms with Crippen molar-refractivity contribution in [1.29, 1.82) is 0 Å². The molecule has 2 saturated heterocycles. The molecule has 26 heavy (non-hydrogen) atoms. The molecule has 2 aliphatic heterocycles. The molecule has 2 aromatic rings. The van der Waals surface area contributed by atoms with E-state index in [0.29, 0.717) is 18.8 Å². The minimum atomic E-state index is -0.867. The van der Waals surface area contributed by atoms with E-state index < -0.39 is 5.60 Å². The summed E-state index contributed by atoms with van der Waals surface area (Å²) in [5.41, 5.74) is -0.251. The van der Waals surface area contributed by atoms with Crippen LogP contribution < -0.4 is 5.56 Å². The van der Waals surface area contributed by atoms with Gasteiger partial charge in [-0.3, -0.25) is 4.79 Å². The second-order valence-electron chi connectivity index (χ2n) is 7.45. The molecule has 0 aromatic carbocycles. The SMILES string of the molecule is O=c1ccc(-c2cccs2)nn1CC1(O)CCN(C[C@H]2CCOC2)CC1. The van der Waals surface area contributed by atoms with Gasteiger partial charge in [0.05, 0.1) is 23.6 Å². The summed E-state index contributed by atoms with van der Waals surface area (Å²) in [6.45, 7) is 4.74. The Hall–Kier alpha value is -1.54. The van der Waals surface area contributed by atoms with Crippen molar-refractivity contribution >= 4 is 11.3 Å². The summed E-state index contributed by atoms with van der Waals surface area (Å²) in [5, 5.41) is 17.5. The number of nitrogens with zero attached hydrogens (tertiary/aromatic N) is 3. The maximum absolute atomic E-state index is 12.2. The van der Waals surface area contributed by atoms with Crippen molar-refractivity contribution in [2.24, 2.45) is 5.92 Å². The smallest absolute Gasteiger partial charge is 0.266 e. The summed E-state index contributed by atoms with van der Waals surface area (Å²) in [6.07, 6.45) is 2.46. The van der Waals surface area contributed by atoms with Crippen LogP contribution in [-0.4, -0.2) is 58.2 Å². The molecule has 1 N–H and O–H groups in total. The van der Waals surface area contributed by atoms with Gasteiger partial charge in [-0.2, -0.15) is 5.10 Å². The molecule has 0 unspecified atom stereocenters. The zero-order valence-electron chi connectivity index (χ0n) is 14.8. The maximum atomic E-state index is 12.2. The van der Waals surface area contributed by atoms with E-state index in [1.165, 1.54) is 4.68 Å². The van der Waals surface area contributed by atoms with E-state index in [4.69, 9.17) is 4.74 Å². The molecule has 2 aromatic heterocycles. The Balaban J connectivity index is 1.41. The standard InChI is InChI=1S/C19H25N3O3S/c23-18-4-3-16(17-2-1-11-26-17)20-22(18)14-19(24)6-8-21(9-7-19)12-15-5-10-25-13-15/h1-4,11,15,24H,5-10,12-14H2/t15-/m1/s1. The van der Waals surface area contributed by atoms with Gasteiger partial charge in [0.15, 0.2) is 0 Å². The summed E-state index contributed by atoms with van der Waals surface area (Å²) < 4.78 is 6.88. The third-order valence-electron chi connectivity index (χ3n) is 5.41. The highest BCUT2D eigenvalue weighted by Crippen LogP contribution is 2.26. The minimum absolute atomic E-state index is 0.163. The van der Waals surface area contributed by atoms with E-state index in [1.54, 1.807) is 23.5 Å². The van der Waals surface area contributed by atoms with Crippen molar-refractivity contribution in [3.63, 3.8) is 0 Å². The number of likely N-dealkylation sites (tertiary alicyclic amines) is 1. The molecule has 6 nitrogen and oxygen atoms in total. The van der Waals surface area contributed by atoms with Gasteiger partial charge in [-0.05, 0) is 42.7 Å². The van der Waals surface area contributed by atoms with Gasteiger partial charge in [-0.15, -0.1) is 11.3 Å². The number of aromatic nitrogens is 2. The first kappa shape index (κ1) is 17.9. The fraction of sp³-hybridized carbons (Fsp3) is 0.579. The molecule has 2 aliphatic rings. The zero-order valence-corrected chi connectivity index (χ0v) is 15.7. The molecule has 4 rings (SSSR count). The number of ether oxygens (including phenoxy) is 1. The third kappa shape index (κ3) is 4.06. The Morgan fingerprint density at radius 3 is 2.85 bits per heavy atom. The van der Waals surface area contributed by atoms with Crippen LogP contribution in [0.25, 0.3) is 10.6 Å². The van der Waals surface area contributed by atoms with Crippen molar-refractivity contribution in [1.82, 2.24) is 14.7 Å². The first-order valence-electron chi connectivity index (χ1n) is 9.26. The van der Waals surface area contributed by atoms with Gasteiger partial charge < -0.3 is 14.7 Å². The first-order chi connectivity index (χ1) is 12.6. The van der Waals surface area contributed by atoms with Gasteiger partial charge in [-0.1, -0.05) is 6.07 Å². The van der Waals surface area contributed by atoms with Crippen LogP contribution in [0, 0.1) is 5.92 Å². The zero-order chi connectivity index (χ0) is 18.0. The van der Waals surface area contributed by atoms with E-state index in [-0.39, 0.29) is 12.1 Å². The summed E-state index contributed by atoms with van der Waals surface area (Å²) in [7, 11) is 0. The average Bonchev–Trinajstić information content (AvgIpc) is 3.33. The van der Waals surface area contributed by atoms with Gasteiger partial charge in [0, 0.05) is 32.3 Å². The quantitative estimate of drug-likeness (QED) is 0.864. The summed E-state index contributed by atoms with van der Waals surface area (Å²) in [6, 6.07) is 7.25. The number of rotatable bonds is 5. The molecule has 0 bridgehead atoms. The molecule has 1 atom stereocenters. The molecular formula is C19H25N3O3S. The summed E-state index contributed by atoms with van der Waals surface area (Å²) >= 11 is 1.59. The minimum Gasteiger partial charge on any atom is -0.388 e. The predicted molar refractivity (Wildman–Crippen MR) is 101 cm³/mol. The molecule has 7 heteroatoms. The van der Waals surface area contributed by atoms with Crippen LogP contribution in [0.3, 0.4) is 0 Å². The second kappa shape index (κ2) is 7.60. The molecule has 4 heterocycles. The third-order valence-corrected chi connectivity index (χ3v) is 6.30. The maximum Gasteiger partial charge on any atom is 0.266 e. The fourth-order valence-electron chi connectivity index (χ4n) is 3.80. The molecule has 2 fully saturated rings. The van der Waals surface area contributed by atoms with Crippen LogP contribution in [0.4, 0.5) is 0 Å². The molecule has 140 valence electrons. The predicted octanol–water partition coefficient (Wildman–Crippen LogP) is 1.84. The number of hydrogen-bond acceptors (Lipinski definition) is 6. The monoisotopic (exact) mass is 375 g/mol. The molecule has 0 amide bonds. The highest BCUT2D eigenvalue weighted by Gasteiger charge is 2.34.